The van der Waals surface area contributed by atoms with Gasteiger partial charge in [0.05, 0.1) is 6.54 Å². The predicted molar refractivity (Wildman–Crippen MR) is 89.5 cm³/mol. The Morgan fingerprint density at radius 1 is 1.16 bits per heavy atom. The monoisotopic (exact) mass is 345 g/mol. The standard InChI is InChI=1S/C18H23N3O4/c22-17(20-9-4-7-19-8-10-20)15-16-18(23)21(12-14(24-15)25-16)11-13-5-2-1-3-6-13/h1-3,5-6,14-16,19H,4,7-12H2/t14-,15-,16-/m1/s1. The molecule has 3 aliphatic rings. The van der Waals surface area contributed by atoms with Gasteiger partial charge in [0.25, 0.3) is 11.8 Å². The number of nitrogens with zero attached hydrogens (tertiary/aromatic N) is 2. The summed E-state index contributed by atoms with van der Waals surface area (Å²) in [5.74, 6) is -0.296. The van der Waals surface area contributed by atoms with Gasteiger partial charge in [0.1, 0.15) is 0 Å². The lowest BCUT2D eigenvalue weighted by atomic mass is 10.1. The van der Waals surface area contributed by atoms with E-state index in [9.17, 15) is 9.59 Å². The highest BCUT2D eigenvalue weighted by molar-refractivity contribution is 5.92. The van der Waals surface area contributed by atoms with Crippen LogP contribution in [-0.2, 0) is 25.6 Å². The first-order valence-corrected chi connectivity index (χ1v) is 8.85. The van der Waals surface area contributed by atoms with Crippen LogP contribution in [-0.4, -0.2) is 72.8 Å². The Labute approximate surface area is 146 Å². The highest BCUT2D eigenvalue weighted by Gasteiger charge is 2.52. The smallest absolute Gasteiger partial charge is 0.255 e. The number of hydrogen-bond donors (Lipinski definition) is 1. The van der Waals surface area contributed by atoms with Crippen molar-refractivity contribution in [2.24, 2.45) is 0 Å². The van der Waals surface area contributed by atoms with Crippen molar-refractivity contribution < 1.29 is 19.1 Å². The summed E-state index contributed by atoms with van der Waals surface area (Å²) in [6.45, 7) is 3.86. The van der Waals surface area contributed by atoms with Gasteiger partial charge < -0.3 is 24.6 Å². The molecule has 25 heavy (non-hydrogen) atoms. The summed E-state index contributed by atoms with van der Waals surface area (Å²) in [7, 11) is 0. The maximum absolute atomic E-state index is 12.8. The van der Waals surface area contributed by atoms with E-state index < -0.39 is 18.5 Å². The largest absolute Gasteiger partial charge is 0.339 e. The number of rotatable bonds is 3. The second-order valence-electron chi connectivity index (χ2n) is 6.68. The molecular weight excluding hydrogens is 322 g/mol. The van der Waals surface area contributed by atoms with Gasteiger partial charge in [-0.15, -0.1) is 0 Å². The first-order chi connectivity index (χ1) is 12.2. The molecule has 1 aromatic rings. The van der Waals surface area contributed by atoms with Gasteiger partial charge in [-0.3, -0.25) is 9.59 Å². The van der Waals surface area contributed by atoms with Crippen molar-refractivity contribution in [2.75, 3.05) is 32.7 Å². The molecule has 0 radical (unpaired) electrons. The van der Waals surface area contributed by atoms with Crippen LogP contribution in [0.3, 0.4) is 0 Å². The molecule has 3 aliphatic heterocycles. The number of carbonyl (C=O) groups excluding carboxylic acids is 2. The average Bonchev–Trinajstić information content (AvgIpc) is 2.80. The molecule has 0 unspecified atom stereocenters. The lowest BCUT2D eigenvalue weighted by Crippen LogP contribution is -2.52. The van der Waals surface area contributed by atoms with Gasteiger partial charge in [0, 0.05) is 26.2 Å². The summed E-state index contributed by atoms with van der Waals surface area (Å²) >= 11 is 0. The molecule has 3 atom stereocenters. The fourth-order valence-corrected chi connectivity index (χ4v) is 3.61. The van der Waals surface area contributed by atoms with E-state index in [1.807, 2.05) is 30.3 Å². The van der Waals surface area contributed by atoms with E-state index in [0.29, 0.717) is 26.2 Å². The molecule has 0 aliphatic carbocycles. The van der Waals surface area contributed by atoms with E-state index in [0.717, 1.165) is 25.1 Å². The fraction of sp³-hybridized carbons (Fsp3) is 0.556. The maximum atomic E-state index is 12.8. The van der Waals surface area contributed by atoms with Crippen LogP contribution in [0.1, 0.15) is 12.0 Å². The first-order valence-electron chi connectivity index (χ1n) is 8.85. The van der Waals surface area contributed by atoms with Crippen LogP contribution in [0.5, 0.6) is 0 Å². The molecule has 1 aromatic carbocycles. The minimum Gasteiger partial charge on any atom is -0.339 e. The molecule has 7 nitrogen and oxygen atoms in total. The van der Waals surface area contributed by atoms with Gasteiger partial charge in [-0.05, 0) is 18.5 Å². The average molecular weight is 345 g/mol. The third-order valence-corrected chi connectivity index (χ3v) is 4.91. The predicted octanol–water partition coefficient (Wildman–Crippen LogP) is -0.0392. The van der Waals surface area contributed by atoms with Crippen LogP contribution in [0.2, 0.25) is 0 Å². The second kappa shape index (κ2) is 7.11. The zero-order valence-electron chi connectivity index (χ0n) is 14.1. The van der Waals surface area contributed by atoms with Crippen LogP contribution in [0.4, 0.5) is 0 Å². The Morgan fingerprint density at radius 3 is 2.84 bits per heavy atom. The van der Waals surface area contributed by atoms with Crippen molar-refractivity contribution in [1.29, 1.82) is 0 Å². The molecule has 3 saturated heterocycles. The van der Waals surface area contributed by atoms with Crippen molar-refractivity contribution in [1.82, 2.24) is 15.1 Å². The third-order valence-electron chi connectivity index (χ3n) is 4.91. The minimum atomic E-state index is -0.828. The van der Waals surface area contributed by atoms with Gasteiger partial charge in [-0.1, -0.05) is 30.3 Å². The van der Waals surface area contributed by atoms with Gasteiger partial charge in [0.2, 0.25) is 0 Å². The minimum absolute atomic E-state index is 0.133. The Morgan fingerprint density at radius 2 is 2.00 bits per heavy atom. The molecule has 2 bridgehead atoms. The Kier molecular flexibility index (Phi) is 4.70. The molecule has 4 rings (SSSR count). The number of ether oxygens (including phenoxy) is 2. The van der Waals surface area contributed by atoms with E-state index in [4.69, 9.17) is 9.47 Å². The van der Waals surface area contributed by atoms with E-state index in [1.54, 1.807) is 9.80 Å². The van der Waals surface area contributed by atoms with E-state index in [-0.39, 0.29) is 11.8 Å². The van der Waals surface area contributed by atoms with Crippen LogP contribution in [0, 0.1) is 0 Å². The molecule has 1 N–H and O–H groups in total. The van der Waals surface area contributed by atoms with E-state index in [2.05, 4.69) is 5.32 Å². The quantitative estimate of drug-likeness (QED) is 0.832. The summed E-state index contributed by atoms with van der Waals surface area (Å²) < 4.78 is 11.4. The van der Waals surface area contributed by atoms with Crippen molar-refractivity contribution in [2.45, 2.75) is 31.5 Å². The number of amides is 2. The summed E-state index contributed by atoms with van der Waals surface area (Å²) in [6, 6.07) is 9.81. The Hall–Kier alpha value is -1.96. The van der Waals surface area contributed by atoms with Crippen LogP contribution < -0.4 is 5.32 Å². The van der Waals surface area contributed by atoms with Gasteiger partial charge >= 0.3 is 0 Å². The highest BCUT2D eigenvalue weighted by atomic mass is 16.7. The zero-order chi connectivity index (χ0) is 17.2. The molecule has 2 amide bonds. The normalized spacial score (nSPS) is 29.6. The first kappa shape index (κ1) is 16.5. The van der Waals surface area contributed by atoms with Crippen LogP contribution in [0.25, 0.3) is 0 Å². The summed E-state index contributed by atoms with van der Waals surface area (Å²) in [5, 5.41) is 3.27. The number of fused-ring (bicyclic) bond motifs is 2. The number of carbonyl (C=O) groups is 2. The summed E-state index contributed by atoms with van der Waals surface area (Å²) in [5.41, 5.74) is 1.05. The maximum Gasteiger partial charge on any atom is 0.255 e. The second-order valence-corrected chi connectivity index (χ2v) is 6.68. The van der Waals surface area contributed by atoms with Gasteiger partial charge in [0.15, 0.2) is 18.5 Å². The Balaban J connectivity index is 1.45. The number of benzene rings is 1. The molecule has 134 valence electrons. The van der Waals surface area contributed by atoms with Crippen molar-refractivity contribution >= 4 is 11.8 Å². The van der Waals surface area contributed by atoms with Crippen molar-refractivity contribution in [3.63, 3.8) is 0 Å². The molecule has 0 aromatic heterocycles. The SMILES string of the molecule is O=C([C@@H]1O[C@H]2CN(Cc3ccccc3)C(=O)[C@@H]1O2)N1CCCNCC1. The Bertz CT molecular complexity index is 630. The lowest BCUT2D eigenvalue weighted by Gasteiger charge is -2.31. The van der Waals surface area contributed by atoms with Crippen molar-refractivity contribution in [3.8, 4) is 0 Å². The summed E-state index contributed by atoms with van der Waals surface area (Å²) in [6.07, 6.45) is -1.27. The van der Waals surface area contributed by atoms with Gasteiger partial charge in [-0.25, -0.2) is 0 Å². The third kappa shape index (κ3) is 3.40. The molecule has 7 heteroatoms. The lowest BCUT2D eigenvalue weighted by molar-refractivity contribution is -0.162. The molecule has 0 saturated carbocycles. The van der Waals surface area contributed by atoms with Crippen LogP contribution in [0.15, 0.2) is 30.3 Å². The summed E-state index contributed by atoms with van der Waals surface area (Å²) in [4.78, 5) is 29.1. The molecular formula is C18H23N3O4. The number of morpholine rings is 1. The van der Waals surface area contributed by atoms with Crippen molar-refractivity contribution in [3.05, 3.63) is 35.9 Å². The highest BCUT2D eigenvalue weighted by Crippen LogP contribution is 2.29. The number of hydrogen-bond acceptors (Lipinski definition) is 5. The van der Waals surface area contributed by atoms with E-state index >= 15 is 0 Å². The zero-order valence-corrected chi connectivity index (χ0v) is 14.1. The van der Waals surface area contributed by atoms with Crippen LogP contribution >= 0.6 is 0 Å². The number of nitrogens with one attached hydrogen (secondary N) is 1. The molecule has 0 spiro atoms. The fourth-order valence-electron chi connectivity index (χ4n) is 3.61. The molecule has 3 heterocycles. The van der Waals surface area contributed by atoms with E-state index in [1.165, 1.54) is 0 Å². The van der Waals surface area contributed by atoms with Gasteiger partial charge in [-0.2, -0.15) is 0 Å². The molecule has 3 fully saturated rings. The topological polar surface area (TPSA) is 71.1 Å².